The lowest BCUT2D eigenvalue weighted by Gasteiger charge is -2.04. The molecular formula is C3H6Br3N. The molecule has 0 amide bonds. The third-order valence-corrected chi connectivity index (χ3v) is 4.10. The van der Waals surface area contributed by atoms with Crippen molar-refractivity contribution in [3.63, 3.8) is 0 Å². The number of rotatable bonds is 2. The van der Waals surface area contributed by atoms with E-state index in [1.54, 1.807) is 0 Å². The van der Waals surface area contributed by atoms with Gasteiger partial charge in [0.2, 0.25) is 0 Å². The van der Waals surface area contributed by atoms with Gasteiger partial charge in [-0.25, -0.2) is 0 Å². The van der Waals surface area contributed by atoms with Crippen LogP contribution in [0.5, 0.6) is 0 Å². The van der Waals surface area contributed by atoms with E-state index in [0.29, 0.717) is 11.4 Å². The van der Waals surface area contributed by atoms with E-state index in [-0.39, 0.29) is 3.74 Å². The summed E-state index contributed by atoms with van der Waals surface area (Å²) in [7, 11) is 0. The van der Waals surface area contributed by atoms with Crippen LogP contribution < -0.4 is 5.73 Å². The van der Waals surface area contributed by atoms with Crippen LogP contribution in [0.4, 0.5) is 0 Å². The van der Waals surface area contributed by atoms with Gasteiger partial charge in [0.05, 0.1) is 3.74 Å². The molecule has 44 valence electrons. The standard InChI is InChI=1S/C3H6Br3N/c4-2(1-7)3(5)6/h2-3H,1,7H2. The molecular weight excluding hydrogens is 290 g/mol. The van der Waals surface area contributed by atoms with E-state index in [2.05, 4.69) is 47.8 Å². The second-order valence-electron chi connectivity index (χ2n) is 1.09. The maximum atomic E-state index is 5.27. The summed E-state index contributed by atoms with van der Waals surface area (Å²) in [5.74, 6) is 0. The van der Waals surface area contributed by atoms with Gasteiger partial charge in [0, 0.05) is 11.4 Å². The Bertz CT molecular complexity index is 47.4. The number of alkyl halides is 3. The third-order valence-electron chi connectivity index (χ3n) is 0.499. The highest BCUT2D eigenvalue weighted by Crippen LogP contribution is 2.18. The van der Waals surface area contributed by atoms with Crippen LogP contribution in [-0.4, -0.2) is 15.1 Å². The molecule has 0 aromatic heterocycles. The fourth-order valence-corrected chi connectivity index (χ4v) is 0.535. The summed E-state index contributed by atoms with van der Waals surface area (Å²) < 4.78 is 0.282. The predicted molar refractivity (Wildman–Crippen MR) is 43.4 cm³/mol. The van der Waals surface area contributed by atoms with Crippen molar-refractivity contribution >= 4 is 47.8 Å². The third kappa shape index (κ3) is 3.94. The molecule has 0 rings (SSSR count). The Labute approximate surface area is 68.4 Å². The maximum absolute atomic E-state index is 5.27. The molecule has 0 saturated heterocycles. The first-order chi connectivity index (χ1) is 3.18. The zero-order valence-electron chi connectivity index (χ0n) is 3.57. The number of halogens is 3. The summed E-state index contributed by atoms with van der Waals surface area (Å²) in [6.07, 6.45) is 0. The first-order valence-electron chi connectivity index (χ1n) is 1.80. The lowest BCUT2D eigenvalue weighted by atomic mass is 10.5. The number of hydrogen-bond donors (Lipinski definition) is 1. The molecule has 1 unspecified atom stereocenters. The molecule has 0 bridgehead atoms. The Balaban J connectivity index is 3.14. The highest BCUT2D eigenvalue weighted by Gasteiger charge is 2.07. The maximum Gasteiger partial charge on any atom is 0.0834 e. The average Bonchev–Trinajstić information content (AvgIpc) is 1.65. The molecule has 1 nitrogen and oxygen atoms in total. The topological polar surface area (TPSA) is 26.0 Å². The molecule has 0 saturated carbocycles. The Morgan fingerprint density at radius 2 is 1.71 bits per heavy atom. The molecule has 4 heteroatoms. The molecule has 0 fully saturated rings. The van der Waals surface area contributed by atoms with Crippen LogP contribution in [0.2, 0.25) is 0 Å². The molecule has 0 aromatic rings. The lowest BCUT2D eigenvalue weighted by molar-refractivity contribution is 0.965. The molecule has 0 radical (unpaired) electrons. The summed E-state index contributed by atoms with van der Waals surface area (Å²) >= 11 is 9.90. The van der Waals surface area contributed by atoms with Gasteiger partial charge >= 0.3 is 0 Å². The monoisotopic (exact) mass is 293 g/mol. The minimum absolute atomic E-state index is 0.282. The van der Waals surface area contributed by atoms with Gasteiger partial charge in [-0.15, -0.1) is 0 Å². The second-order valence-corrected chi connectivity index (χ2v) is 5.46. The van der Waals surface area contributed by atoms with Crippen LogP contribution in [-0.2, 0) is 0 Å². The molecule has 0 heterocycles. The largest absolute Gasteiger partial charge is 0.329 e. The van der Waals surface area contributed by atoms with Crippen LogP contribution in [0.3, 0.4) is 0 Å². The first-order valence-corrected chi connectivity index (χ1v) is 4.55. The van der Waals surface area contributed by atoms with Crippen LogP contribution >= 0.6 is 47.8 Å². The Morgan fingerprint density at radius 1 is 1.29 bits per heavy atom. The Kier molecular flexibility index (Phi) is 5.15. The normalized spacial score (nSPS) is 15.0. The van der Waals surface area contributed by atoms with E-state index >= 15 is 0 Å². The molecule has 0 aromatic carbocycles. The molecule has 0 aliphatic heterocycles. The van der Waals surface area contributed by atoms with E-state index in [1.807, 2.05) is 0 Å². The van der Waals surface area contributed by atoms with Gasteiger partial charge in [0.1, 0.15) is 0 Å². The highest BCUT2D eigenvalue weighted by molar-refractivity contribution is 9.25. The number of nitrogens with two attached hydrogens (primary N) is 1. The fourth-order valence-electron chi connectivity index (χ4n) is 0.103. The van der Waals surface area contributed by atoms with Gasteiger partial charge in [-0.1, -0.05) is 47.8 Å². The minimum Gasteiger partial charge on any atom is -0.329 e. The van der Waals surface area contributed by atoms with Crippen LogP contribution in [0.15, 0.2) is 0 Å². The van der Waals surface area contributed by atoms with Crippen molar-refractivity contribution in [2.24, 2.45) is 5.73 Å². The summed E-state index contributed by atoms with van der Waals surface area (Å²) in [6.45, 7) is 0.640. The summed E-state index contributed by atoms with van der Waals surface area (Å²) in [5, 5.41) is 0. The van der Waals surface area contributed by atoms with Crippen molar-refractivity contribution in [2.75, 3.05) is 6.54 Å². The van der Waals surface area contributed by atoms with Crippen molar-refractivity contribution < 1.29 is 0 Å². The predicted octanol–water partition coefficient (Wildman–Crippen LogP) is 1.82. The van der Waals surface area contributed by atoms with Gasteiger partial charge in [0.25, 0.3) is 0 Å². The van der Waals surface area contributed by atoms with E-state index in [1.165, 1.54) is 0 Å². The van der Waals surface area contributed by atoms with Gasteiger partial charge in [0.15, 0.2) is 0 Å². The summed E-state index contributed by atoms with van der Waals surface area (Å²) in [4.78, 5) is 0.326. The highest BCUT2D eigenvalue weighted by atomic mass is 79.9. The van der Waals surface area contributed by atoms with Crippen molar-refractivity contribution in [1.29, 1.82) is 0 Å². The minimum atomic E-state index is 0.282. The molecule has 1 atom stereocenters. The van der Waals surface area contributed by atoms with Crippen LogP contribution in [0.1, 0.15) is 0 Å². The summed E-state index contributed by atoms with van der Waals surface area (Å²) in [5.41, 5.74) is 5.27. The molecule has 0 aliphatic rings. The van der Waals surface area contributed by atoms with Crippen molar-refractivity contribution in [1.82, 2.24) is 0 Å². The van der Waals surface area contributed by atoms with Gasteiger partial charge in [-0.2, -0.15) is 0 Å². The first kappa shape index (κ1) is 8.40. The van der Waals surface area contributed by atoms with Gasteiger partial charge in [-0.05, 0) is 0 Å². The van der Waals surface area contributed by atoms with E-state index in [9.17, 15) is 0 Å². The van der Waals surface area contributed by atoms with Crippen molar-refractivity contribution in [3.05, 3.63) is 0 Å². The second kappa shape index (κ2) is 4.30. The Hall–Kier alpha value is 1.40. The quantitative estimate of drug-likeness (QED) is 0.773. The van der Waals surface area contributed by atoms with Crippen molar-refractivity contribution in [2.45, 2.75) is 8.56 Å². The zero-order chi connectivity index (χ0) is 5.86. The van der Waals surface area contributed by atoms with E-state index < -0.39 is 0 Å². The van der Waals surface area contributed by atoms with E-state index in [0.717, 1.165) is 0 Å². The fraction of sp³-hybridized carbons (Fsp3) is 1.00. The lowest BCUT2D eigenvalue weighted by Crippen LogP contribution is -2.18. The van der Waals surface area contributed by atoms with Crippen LogP contribution in [0.25, 0.3) is 0 Å². The molecule has 7 heavy (non-hydrogen) atoms. The number of hydrogen-bond acceptors (Lipinski definition) is 1. The molecule has 0 aliphatic carbocycles. The van der Waals surface area contributed by atoms with Crippen molar-refractivity contribution in [3.8, 4) is 0 Å². The molecule has 2 N–H and O–H groups in total. The Morgan fingerprint density at radius 3 is 1.71 bits per heavy atom. The zero-order valence-corrected chi connectivity index (χ0v) is 8.33. The SMILES string of the molecule is NCC(Br)C(Br)Br. The average molecular weight is 296 g/mol. The molecule has 0 spiro atoms. The van der Waals surface area contributed by atoms with E-state index in [4.69, 9.17) is 5.73 Å². The van der Waals surface area contributed by atoms with Crippen LogP contribution in [0, 0.1) is 0 Å². The van der Waals surface area contributed by atoms with Gasteiger partial charge in [-0.3, -0.25) is 0 Å². The smallest absolute Gasteiger partial charge is 0.0834 e. The summed E-state index contributed by atoms with van der Waals surface area (Å²) in [6, 6.07) is 0. The van der Waals surface area contributed by atoms with Gasteiger partial charge < -0.3 is 5.73 Å².